The highest BCUT2D eigenvalue weighted by molar-refractivity contribution is 5.87. The van der Waals surface area contributed by atoms with Crippen LogP contribution in [0.25, 0.3) is 28.3 Å². The normalized spacial score (nSPS) is 17.3. The van der Waals surface area contributed by atoms with Crippen LogP contribution in [-0.4, -0.2) is 63.0 Å². The number of carbonyl (C=O) groups excluding carboxylic acids is 1. The smallest absolute Gasteiger partial charge is 0.245 e. The van der Waals surface area contributed by atoms with Crippen LogP contribution in [0.15, 0.2) is 61.6 Å². The van der Waals surface area contributed by atoms with E-state index < -0.39 is 0 Å². The van der Waals surface area contributed by atoms with E-state index in [0.29, 0.717) is 30.0 Å². The zero-order valence-electron chi connectivity index (χ0n) is 21.1. The number of nitrogens with two attached hydrogens (primary N) is 1. The van der Waals surface area contributed by atoms with Crippen LogP contribution in [0, 0.1) is 0 Å². The Kier molecular flexibility index (Phi) is 6.16. The van der Waals surface area contributed by atoms with Gasteiger partial charge in [-0.1, -0.05) is 18.7 Å². The highest BCUT2D eigenvalue weighted by Crippen LogP contribution is 2.40. The SMILES string of the molecule is C=CC(=O)N1CCC(N[C@H]2COc3cc(-c4nc5ncc(OC)cn5c4-c4cccnc4N)ccc32)CC1. The number of likely N-dealkylation sites (tertiary alicyclic amines) is 1. The molecule has 4 aromatic rings. The lowest BCUT2D eigenvalue weighted by Crippen LogP contribution is -2.45. The number of nitrogens with zero attached hydrogens (tertiary/aromatic N) is 5. The Bertz CT molecular complexity index is 1520. The number of carbonyl (C=O) groups is 1. The Morgan fingerprint density at radius 3 is 2.87 bits per heavy atom. The largest absolute Gasteiger partial charge is 0.494 e. The number of pyridine rings is 1. The number of rotatable bonds is 6. The molecule has 3 N–H and O–H groups in total. The number of anilines is 1. The van der Waals surface area contributed by atoms with Crippen LogP contribution >= 0.6 is 0 Å². The second kappa shape index (κ2) is 9.79. The van der Waals surface area contributed by atoms with E-state index in [-0.39, 0.29) is 11.9 Å². The molecule has 1 amide bonds. The zero-order chi connectivity index (χ0) is 26.2. The molecule has 0 saturated carbocycles. The molecular weight excluding hydrogens is 482 g/mol. The molecule has 1 saturated heterocycles. The summed E-state index contributed by atoms with van der Waals surface area (Å²) in [4.78, 5) is 27.4. The van der Waals surface area contributed by atoms with Crippen molar-refractivity contribution in [1.82, 2.24) is 29.6 Å². The fraction of sp³-hybridized carbons (Fsp3) is 0.286. The van der Waals surface area contributed by atoms with E-state index in [2.05, 4.69) is 34.0 Å². The fourth-order valence-electron chi connectivity index (χ4n) is 5.27. The molecule has 2 aliphatic heterocycles. The van der Waals surface area contributed by atoms with Gasteiger partial charge in [0.25, 0.3) is 0 Å². The van der Waals surface area contributed by atoms with Crippen molar-refractivity contribution >= 4 is 17.5 Å². The minimum Gasteiger partial charge on any atom is -0.494 e. The Hall–Kier alpha value is -4.44. The number of imidazole rings is 1. The molecule has 2 aliphatic rings. The number of nitrogens with one attached hydrogen (secondary N) is 1. The molecule has 0 unspecified atom stereocenters. The van der Waals surface area contributed by atoms with Crippen LogP contribution < -0.4 is 20.5 Å². The van der Waals surface area contributed by atoms with Crippen LogP contribution in [0.4, 0.5) is 5.82 Å². The van der Waals surface area contributed by atoms with Gasteiger partial charge in [0, 0.05) is 42.0 Å². The molecule has 0 bridgehead atoms. The van der Waals surface area contributed by atoms with Gasteiger partial charge in [0.1, 0.15) is 18.2 Å². The molecule has 1 fully saturated rings. The summed E-state index contributed by atoms with van der Waals surface area (Å²) in [5, 5.41) is 3.73. The van der Waals surface area contributed by atoms with E-state index in [4.69, 9.17) is 20.2 Å². The molecule has 1 atom stereocenters. The molecule has 0 radical (unpaired) electrons. The van der Waals surface area contributed by atoms with Gasteiger partial charge in [-0.05, 0) is 37.1 Å². The maximum Gasteiger partial charge on any atom is 0.245 e. The third kappa shape index (κ3) is 4.22. The van der Waals surface area contributed by atoms with Gasteiger partial charge < -0.3 is 25.4 Å². The van der Waals surface area contributed by atoms with Crippen molar-refractivity contribution in [2.45, 2.75) is 24.9 Å². The van der Waals surface area contributed by atoms with Gasteiger partial charge in [0.05, 0.1) is 36.9 Å². The third-order valence-corrected chi connectivity index (χ3v) is 7.27. The molecule has 6 rings (SSSR count). The van der Waals surface area contributed by atoms with Gasteiger partial charge >= 0.3 is 0 Å². The third-order valence-electron chi connectivity index (χ3n) is 7.27. The van der Waals surface area contributed by atoms with Crippen molar-refractivity contribution < 1.29 is 14.3 Å². The summed E-state index contributed by atoms with van der Waals surface area (Å²) in [5.74, 6) is 2.36. The average molecular weight is 512 g/mol. The fourth-order valence-corrected chi connectivity index (χ4v) is 5.27. The number of ether oxygens (including phenoxy) is 2. The van der Waals surface area contributed by atoms with Crippen molar-refractivity contribution in [3.63, 3.8) is 0 Å². The molecule has 5 heterocycles. The maximum atomic E-state index is 11.9. The molecule has 194 valence electrons. The monoisotopic (exact) mass is 511 g/mol. The molecule has 1 aromatic carbocycles. The van der Waals surface area contributed by atoms with E-state index in [9.17, 15) is 4.79 Å². The van der Waals surface area contributed by atoms with Gasteiger partial charge in [0.15, 0.2) is 5.75 Å². The molecule has 0 aliphatic carbocycles. The molecule has 10 nitrogen and oxygen atoms in total. The molecule has 38 heavy (non-hydrogen) atoms. The number of hydrogen-bond donors (Lipinski definition) is 2. The summed E-state index contributed by atoms with van der Waals surface area (Å²) in [6.07, 6.45) is 8.34. The van der Waals surface area contributed by atoms with Crippen LogP contribution in [0.1, 0.15) is 24.4 Å². The lowest BCUT2D eigenvalue weighted by molar-refractivity contribution is -0.127. The van der Waals surface area contributed by atoms with E-state index >= 15 is 0 Å². The predicted octanol–water partition coefficient (Wildman–Crippen LogP) is 3.25. The van der Waals surface area contributed by atoms with Gasteiger partial charge in [0.2, 0.25) is 11.7 Å². The van der Waals surface area contributed by atoms with Crippen molar-refractivity contribution in [2.24, 2.45) is 0 Å². The first-order chi connectivity index (χ1) is 18.6. The Balaban J connectivity index is 1.31. The first kappa shape index (κ1) is 23.9. The minimum absolute atomic E-state index is 0.00137. The number of piperidine rings is 1. The summed E-state index contributed by atoms with van der Waals surface area (Å²) in [5.41, 5.74) is 10.6. The Labute approximate surface area is 220 Å². The zero-order valence-corrected chi connectivity index (χ0v) is 21.1. The van der Waals surface area contributed by atoms with Gasteiger partial charge in [-0.3, -0.25) is 9.20 Å². The second-order valence-electron chi connectivity index (χ2n) is 9.50. The van der Waals surface area contributed by atoms with Crippen molar-refractivity contribution in [1.29, 1.82) is 0 Å². The number of benzene rings is 1. The number of fused-ring (bicyclic) bond motifs is 2. The first-order valence-electron chi connectivity index (χ1n) is 12.6. The van der Waals surface area contributed by atoms with Crippen molar-refractivity contribution in [3.05, 3.63) is 67.1 Å². The van der Waals surface area contributed by atoms with E-state index in [1.807, 2.05) is 33.7 Å². The summed E-state index contributed by atoms with van der Waals surface area (Å²) >= 11 is 0. The van der Waals surface area contributed by atoms with E-state index in [0.717, 1.165) is 59.8 Å². The molecule has 0 spiro atoms. The molecule has 10 heteroatoms. The number of nitrogen functional groups attached to an aromatic ring is 1. The van der Waals surface area contributed by atoms with Crippen LogP contribution in [0.3, 0.4) is 0 Å². The van der Waals surface area contributed by atoms with E-state index in [1.165, 1.54) is 6.08 Å². The van der Waals surface area contributed by atoms with Crippen molar-refractivity contribution in [3.8, 4) is 34.0 Å². The van der Waals surface area contributed by atoms with Gasteiger partial charge in [-0.2, -0.15) is 0 Å². The van der Waals surface area contributed by atoms with Crippen molar-refractivity contribution in [2.75, 3.05) is 32.5 Å². The maximum absolute atomic E-state index is 11.9. The topological polar surface area (TPSA) is 120 Å². The van der Waals surface area contributed by atoms with Crippen LogP contribution in [0.2, 0.25) is 0 Å². The second-order valence-corrected chi connectivity index (χ2v) is 9.50. The lowest BCUT2D eigenvalue weighted by atomic mass is 9.99. The molecular formula is C28H29N7O3. The average Bonchev–Trinajstić information content (AvgIpc) is 3.53. The summed E-state index contributed by atoms with van der Waals surface area (Å²) < 4.78 is 13.4. The lowest BCUT2D eigenvalue weighted by Gasteiger charge is -2.33. The summed E-state index contributed by atoms with van der Waals surface area (Å²) in [6, 6.07) is 10.4. The van der Waals surface area contributed by atoms with Crippen LogP contribution in [0.5, 0.6) is 11.5 Å². The van der Waals surface area contributed by atoms with Gasteiger partial charge in [-0.25, -0.2) is 15.0 Å². The first-order valence-corrected chi connectivity index (χ1v) is 12.6. The summed E-state index contributed by atoms with van der Waals surface area (Å²) in [7, 11) is 1.60. The van der Waals surface area contributed by atoms with Gasteiger partial charge in [-0.15, -0.1) is 0 Å². The number of methoxy groups -OCH3 is 1. The summed E-state index contributed by atoms with van der Waals surface area (Å²) in [6.45, 7) is 5.61. The number of amides is 1. The molecule has 3 aromatic heterocycles. The Morgan fingerprint density at radius 1 is 1.26 bits per heavy atom. The Morgan fingerprint density at radius 2 is 2.11 bits per heavy atom. The quantitative estimate of drug-likeness (QED) is 0.379. The number of hydrogen-bond acceptors (Lipinski definition) is 8. The highest BCUT2D eigenvalue weighted by atomic mass is 16.5. The number of aromatic nitrogens is 4. The standard InChI is InChI=1S/C28H29N7O3/c1-3-24(36)34-11-8-18(9-12-34)32-22-16-38-23-13-17(6-7-20(22)23)25-26(21-5-4-10-30-27(21)29)35-15-19(37-2)14-31-28(35)33-25/h3-7,10,13-15,18,22,32H,1,8-9,11-12,16H2,2H3,(H2,29,30)/t22-/m0/s1. The highest BCUT2D eigenvalue weighted by Gasteiger charge is 2.30. The van der Waals surface area contributed by atoms with E-state index in [1.54, 1.807) is 19.5 Å². The van der Waals surface area contributed by atoms with Crippen LogP contribution in [-0.2, 0) is 4.79 Å². The predicted molar refractivity (Wildman–Crippen MR) is 144 cm³/mol. The minimum atomic E-state index is -0.00137.